The van der Waals surface area contributed by atoms with Gasteiger partial charge in [0.25, 0.3) is 10.0 Å². The Morgan fingerprint density at radius 1 is 0.931 bits per heavy atom. The van der Waals surface area contributed by atoms with Gasteiger partial charge in [-0.3, -0.25) is 9.10 Å². The molecule has 3 aromatic carbocycles. The van der Waals surface area contributed by atoms with Crippen LogP contribution in [0.3, 0.4) is 0 Å². The van der Waals surface area contributed by atoms with Crippen LogP contribution in [0.1, 0.15) is 12.5 Å². The molecular weight excluding hydrogens is 384 g/mol. The van der Waals surface area contributed by atoms with E-state index in [1.807, 2.05) is 37.3 Å². The third-order valence-electron chi connectivity index (χ3n) is 5.13. The molecule has 29 heavy (non-hydrogen) atoms. The van der Waals surface area contributed by atoms with Gasteiger partial charge < -0.3 is 4.90 Å². The van der Waals surface area contributed by atoms with Crippen molar-refractivity contribution < 1.29 is 13.2 Å². The highest BCUT2D eigenvalue weighted by Gasteiger charge is 2.34. The molecule has 1 unspecified atom stereocenters. The zero-order valence-electron chi connectivity index (χ0n) is 16.1. The van der Waals surface area contributed by atoms with Gasteiger partial charge in [0, 0.05) is 11.7 Å². The number of fused-ring (bicyclic) bond motifs is 1. The quantitative estimate of drug-likeness (QED) is 0.647. The van der Waals surface area contributed by atoms with Crippen LogP contribution in [0.5, 0.6) is 0 Å². The van der Waals surface area contributed by atoms with Crippen molar-refractivity contribution in [3.63, 3.8) is 0 Å². The molecule has 4 rings (SSSR count). The maximum Gasteiger partial charge on any atom is 0.264 e. The Labute approximate surface area is 171 Å². The largest absolute Gasteiger partial charge is 0.307 e. The Morgan fingerprint density at radius 2 is 1.52 bits per heavy atom. The number of nitrogens with zero attached hydrogens (tertiary/aromatic N) is 2. The second-order valence-electron chi connectivity index (χ2n) is 7.11. The van der Waals surface area contributed by atoms with E-state index >= 15 is 0 Å². The van der Waals surface area contributed by atoms with Gasteiger partial charge >= 0.3 is 0 Å². The molecule has 0 aromatic heterocycles. The van der Waals surface area contributed by atoms with Gasteiger partial charge in [-0.05, 0) is 49.2 Å². The molecule has 1 aliphatic heterocycles. The van der Waals surface area contributed by atoms with Crippen molar-refractivity contribution in [3.8, 4) is 0 Å². The normalized spacial score (nSPS) is 15.8. The molecule has 0 saturated heterocycles. The van der Waals surface area contributed by atoms with Gasteiger partial charge in [-0.2, -0.15) is 0 Å². The number of anilines is 2. The van der Waals surface area contributed by atoms with Gasteiger partial charge in [-0.25, -0.2) is 8.42 Å². The minimum Gasteiger partial charge on any atom is -0.307 e. The van der Waals surface area contributed by atoms with E-state index in [4.69, 9.17) is 0 Å². The van der Waals surface area contributed by atoms with Crippen LogP contribution in [0, 0.1) is 0 Å². The van der Waals surface area contributed by atoms with Gasteiger partial charge in [-0.15, -0.1) is 0 Å². The van der Waals surface area contributed by atoms with Gasteiger partial charge in [0.15, 0.2) is 0 Å². The molecule has 0 saturated carbocycles. The molecule has 5 nitrogen and oxygen atoms in total. The molecule has 0 N–H and O–H groups in total. The van der Waals surface area contributed by atoms with Crippen LogP contribution >= 0.6 is 0 Å². The van der Waals surface area contributed by atoms with E-state index in [1.54, 1.807) is 59.5 Å². The molecule has 0 spiro atoms. The first-order chi connectivity index (χ1) is 14.0. The highest BCUT2D eigenvalue weighted by Crippen LogP contribution is 2.32. The number of para-hydroxylation sites is 2. The summed E-state index contributed by atoms with van der Waals surface area (Å²) in [6.07, 6.45) is 0.763. The van der Waals surface area contributed by atoms with Crippen molar-refractivity contribution in [2.75, 3.05) is 15.7 Å². The first-order valence-electron chi connectivity index (χ1n) is 9.51. The predicted octanol–water partition coefficient (Wildman–Crippen LogP) is 3.86. The van der Waals surface area contributed by atoms with Crippen LogP contribution in [0.2, 0.25) is 0 Å². The van der Waals surface area contributed by atoms with E-state index in [1.165, 1.54) is 4.31 Å². The second kappa shape index (κ2) is 7.72. The lowest BCUT2D eigenvalue weighted by Crippen LogP contribution is -2.45. The summed E-state index contributed by atoms with van der Waals surface area (Å²) in [4.78, 5) is 15.2. The Bertz CT molecular complexity index is 1120. The Morgan fingerprint density at radius 3 is 2.21 bits per heavy atom. The number of amides is 1. The zero-order valence-corrected chi connectivity index (χ0v) is 16.9. The first kappa shape index (κ1) is 19.2. The average molecular weight is 407 g/mol. The minimum absolute atomic E-state index is 0.0167. The summed E-state index contributed by atoms with van der Waals surface area (Å²) in [5.74, 6) is -0.245. The number of hydrogen-bond donors (Lipinski definition) is 0. The number of rotatable bonds is 5. The molecule has 1 aliphatic rings. The summed E-state index contributed by atoms with van der Waals surface area (Å²) in [6.45, 7) is 1.72. The molecular formula is C23H22N2O3S. The zero-order chi connectivity index (χ0) is 20.4. The molecule has 0 fully saturated rings. The Hall–Kier alpha value is -3.12. The number of hydrogen-bond acceptors (Lipinski definition) is 3. The van der Waals surface area contributed by atoms with Crippen molar-refractivity contribution in [2.45, 2.75) is 24.3 Å². The highest BCUT2D eigenvalue weighted by molar-refractivity contribution is 7.92. The molecule has 148 valence electrons. The molecule has 0 aliphatic carbocycles. The molecule has 0 bridgehead atoms. The van der Waals surface area contributed by atoms with Crippen LogP contribution in [0.4, 0.5) is 11.4 Å². The fourth-order valence-corrected chi connectivity index (χ4v) is 5.21. The number of sulfonamides is 1. The Balaban J connectivity index is 1.71. The van der Waals surface area contributed by atoms with Gasteiger partial charge in [0.2, 0.25) is 5.91 Å². The standard InChI is InChI=1S/C23H22N2O3S/c1-18-16-19-10-8-9-15-22(19)25(18)23(26)17-24(20-11-4-2-5-12-20)29(27,28)21-13-6-3-7-14-21/h2-15,18H,16-17H2,1H3. The third kappa shape index (κ3) is 3.63. The van der Waals surface area contributed by atoms with Crippen LogP contribution in [-0.2, 0) is 21.2 Å². The number of benzene rings is 3. The molecule has 1 atom stereocenters. The summed E-state index contributed by atoms with van der Waals surface area (Å²) in [6, 6.07) is 24.7. The summed E-state index contributed by atoms with van der Waals surface area (Å²) >= 11 is 0. The van der Waals surface area contributed by atoms with E-state index in [2.05, 4.69) is 0 Å². The maximum atomic E-state index is 13.4. The first-order valence-corrected chi connectivity index (χ1v) is 11.0. The smallest absolute Gasteiger partial charge is 0.264 e. The van der Waals surface area contributed by atoms with Crippen LogP contribution in [0.25, 0.3) is 0 Å². The summed E-state index contributed by atoms with van der Waals surface area (Å²) in [5, 5.41) is 0. The fourth-order valence-electron chi connectivity index (χ4n) is 3.77. The van der Waals surface area contributed by atoms with Gasteiger partial charge in [-0.1, -0.05) is 54.6 Å². The molecule has 3 aromatic rings. The lowest BCUT2D eigenvalue weighted by atomic mass is 10.1. The predicted molar refractivity (Wildman–Crippen MR) is 115 cm³/mol. The van der Waals surface area contributed by atoms with Crippen LogP contribution in [0.15, 0.2) is 89.8 Å². The van der Waals surface area contributed by atoms with Gasteiger partial charge in [0.1, 0.15) is 6.54 Å². The fraction of sp³-hybridized carbons (Fsp3) is 0.174. The van der Waals surface area contributed by atoms with Crippen molar-refractivity contribution >= 4 is 27.3 Å². The molecule has 6 heteroatoms. The SMILES string of the molecule is CC1Cc2ccccc2N1C(=O)CN(c1ccccc1)S(=O)(=O)c1ccccc1. The number of carbonyl (C=O) groups excluding carboxylic acids is 1. The van der Waals surface area contributed by atoms with Crippen molar-refractivity contribution in [1.82, 2.24) is 0 Å². The third-order valence-corrected chi connectivity index (χ3v) is 6.92. The van der Waals surface area contributed by atoms with Gasteiger partial charge in [0.05, 0.1) is 10.6 Å². The van der Waals surface area contributed by atoms with Crippen molar-refractivity contribution in [1.29, 1.82) is 0 Å². The summed E-state index contributed by atoms with van der Waals surface area (Å²) in [7, 11) is -3.89. The minimum atomic E-state index is -3.89. The lowest BCUT2D eigenvalue weighted by Gasteiger charge is -2.28. The van der Waals surface area contributed by atoms with Crippen molar-refractivity contribution in [2.24, 2.45) is 0 Å². The highest BCUT2D eigenvalue weighted by atomic mass is 32.2. The Kier molecular flexibility index (Phi) is 5.11. The van der Waals surface area contributed by atoms with E-state index in [9.17, 15) is 13.2 Å². The summed E-state index contributed by atoms with van der Waals surface area (Å²) < 4.78 is 27.9. The summed E-state index contributed by atoms with van der Waals surface area (Å²) in [5.41, 5.74) is 2.42. The maximum absolute atomic E-state index is 13.4. The van der Waals surface area contributed by atoms with Crippen molar-refractivity contribution in [3.05, 3.63) is 90.5 Å². The molecule has 1 amide bonds. The molecule has 1 heterocycles. The van der Waals surface area contributed by atoms with Crippen LogP contribution < -0.4 is 9.21 Å². The van der Waals surface area contributed by atoms with E-state index in [-0.39, 0.29) is 23.4 Å². The monoisotopic (exact) mass is 406 g/mol. The molecule has 0 radical (unpaired) electrons. The average Bonchev–Trinajstić information content (AvgIpc) is 3.08. The van der Waals surface area contributed by atoms with Crippen LogP contribution in [-0.4, -0.2) is 26.9 Å². The van der Waals surface area contributed by atoms with E-state index in [0.717, 1.165) is 17.7 Å². The second-order valence-corrected chi connectivity index (χ2v) is 8.97. The topological polar surface area (TPSA) is 57.7 Å². The number of carbonyl (C=O) groups is 1. The lowest BCUT2D eigenvalue weighted by molar-refractivity contribution is -0.117. The van der Waals surface area contributed by atoms with E-state index in [0.29, 0.717) is 5.69 Å². The van der Waals surface area contributed by atoms with E-state index < -0.39 is 10.0 Å².